The summed E-state index contributed by atoms with van der Waals surface area (Å²) >= 11 is 0. The molecule has 0 bridgehead atoms. The van der Waals surface area contributed by atoms with E-state index in [2.05, 4.69) is 5.32 Å². The van der Waals surface area contributed by atoms with Gasteiger partial charge in [0.05, 0.1) is 33.3 Å². The summed E-state index contributed by atoms with van der Waals surface area (Å²) in [5, 5.41) is 2.90. The third kappa shape index (κ3) is 8.27. The number of hydrogen-bond acceptors (Lipinski definition) is 7. The van der Waals surface area contributed by atoms with E-state index in [-0.39, 0.29) is 24.1 Å². The van der Waals surface area contributed by atoms with Crippen LogP contribution in [-0.2, 0) is 26.2 Å². The van der Waals surface area contributed by atoms with E-state index < -0.39 is 28.5 Å². The Morgan fingerprint density at radius 2 is 1.58 bits per heavy atom. The number of sulfonamides is 1. The third-order valence-corrected chi connectivity index (χ3v) is 7.06. The van der Waals surface area contributed by atoms with Crippen molar-refractivity contribution in [2.45, 2.75) is 39.8 Å². The molecule has 1 N–H and O–H groups in total. The van der Waals surface area contributed by atoms with Gasteiger partial charge in [-0.2, -0.15) is 0 Å². The second kappa shape index (κ2) is 13.9. The quantitative estimate of drug-likeness (QED) is 0.385. The molecule has 0 saturated heterocycles. The minimum atomic E-state index is -3.87. The Morgan fingerprint density at radius 3 is 2.08 bits per heavy atom. The Labute approximate surface area is 225 Å². The summed E-state index contributed by atoms with van der Waals surface area (Å²) in [6, 6.07) is 11.0. The van der Waals surface area contributed by atoms with E-state index in [1.165, 1.54) is 31.3 Å². The number of anilines is 1. The van der Waals surface area contributed by atoms with Crippen LogP contribution in [0.15, 0.2) is 42.5 Å². The topological polar surface area (TPSA) is 114 Å². The normalized spacial score (nSPS) is 12.0. The first-order chi connectivity index (χ1) is 17.9. The van der Waals surface area contributed by atoms with Crippen LogP contribution in [0.2, 0.25) is 0 Å². The molecule has 0 aliphatic rings. The Morgan fingerprint density at radius 1 is 0.947 bits per heavy atom. The van der Waals surface area contributed by atoms with Crippen LogP contribution in [0.3, 0.4) is 0 Å². The molecule has 0 radical (unpaired) electrons. The van der Waals surface area contributed by atoms with Gasteiger partial charge in [0, 0.05) is 19.2 Å². The summed E-state index contributed by atoms with van der Waals surface area (Å²) in [6.07, 6.45) is 1.37. The second-order valence-corrected chi connectivity index (χ2v) is 11.1. The highest BCUT2D eigenvalue weighted by atomic mass is 32.2. The first kappa shape index (κ1) is 30.8. The van der Waals surface area contributed by atoms with E-state index in [1.54, 1.807) is 37.4 Å². The number of methoxy groups -OCH3 is 3. The average molecular weight is 550 g/mol. The summed E-state index contributed by atoms with van der Waals surface area (Å²) in [4.78, 5) is 28.3. The van der Waals surface area contributed by atoms with E-state index in [9.17, 15) is 18.0 Å². The van der Waals surface area contributed by atoms with Gasteiger partial charge in [-0.1, -0.05) is 32.9 Å². The summed E-state index contributed by atoms with van der Waals surface area (Å²) in [6.45, 7) is 5.85. The molecule has 0 heterocycles. The number of hydrogen-bond donors (Lipinski definition) is 1. The lowest BCUT2D eigenvalue weighted by atomic mass is 10.1. The van der Waals surface area contributed by atoms with Crippen LogP contribution in [0.5, 0.6) is 17.2 Å². The fourth-order valence-corrected chi connectivity index (χ4v) is 4.70. The Hall–Kier alpha value is -3.47. The molecule has 0 spiro atoms. The molecule has 0 fully saturated rings. The van der Waals surface area contributed by atoms with Gasteiger partial charge in [0.1, 0.15) is 18.3 Å². The van der Waals surface area contributed by atoms with Gasteiger partial charge in [-0.3, -0.25) is 13.9 Å². The van der Waals surface area contributed by atoms with Crippen molar-refractivity contribution in [2.75, 3.05) is 45.0 Å². The summed E-state index contributed by atoms with van der Waals surface area (Å²) in [5.41, 5.74) is 1.01. The molecule has 0 unspecified atom stereocenters. The lowest BCUT2D eigenvalue weighted by Gasteiger charge is -2.33. The van der Waals surface area contributed by atoms with Crippen LogP contribution >= 0.6 is 0 Å². The largest absolute Gasteiger partial charge is 0.497 e. The SMILES string of the molecule is CC[C@H](C(=O)NCC(C)C)N(Cc1ccc(OC)cc1)C(=O)CN(c1ccc(OC)c(OC)c1)S(C)(=O)=O. The molecule has 10 nitrogen and oxygen atoms in total. The van der Waals surface area contributed by atoms with Crippen molar-refractivity contribution in [3.05, 3.63) is 48.0 Å². The summed E-state index contributed by atoms with van der Waals surface area (Å²) < 4.78 is 42.4. The highest BCUT2D eigenvalue weighted by Gasteiger charge is 2.32. The smallest absolute Gasteiger partial charge is 0.244 e. The molecule has 0 aromatic heterocycles. The molecule has 0 aliphatic heterocycles. The number of benzene rings is 2. The molecule has 210 valence electrons. The van der Waals surface area contributed by atoms with Gasteiger partial charge in [0.2, 0.25) is 21.8 Å². The zero-order valence-corrected chi connectivity index (χ0v) is 24.0. The number of nitrogens with one attached hydrogen (secondary N) is 1. The number of rotatable bonds is 14. The Bertz CT molecular complexity index is 1180. The maximum absolute atomic E-state index is 13.8. The van der Waals surface area contributed by atoms with E-state index in [1.807, 2.05) is 20.8 Å². The first-order valence-electron chi connectivity index (χ1n) is 12.3. The van der Waals surface area contributed by atoms with Gasteiger partial charge in [-0.15, -0.1) is 0 Å². The lowest BCUT2D eigenvalue weighted by molar-refractivity contribution is -0.140. The highest BCUT2D eigenvalue weighted by Crippen LogP contribution is 2.32. The number of nitrogens with zero attached hydrogens (tertiary/aromatic N) is 2. The van der Waals surface area contributed by atoms with Crippen molar-refractivity contribution >= 4 is 27.5 Å². The van der Waals surface area contributed by atoms with Gasteiger partial charge in [0.15, 0.2) is 11.5 Å². The van der Waals surface area contributed by atoms with Gasteiger partial charge >= 0.3 is 0 Å². The van der Waals surface area contributed by atoms with Crippen LogP contribution in [0.25, 0.3) is 0 Å². The van der Waals surface area contributed by atoms with Crippen LogP contribution in [0.4, 0.5) is 5.69 Å². The van der Waals surface area contributed by atoms with Crippen LogP contribution < -0.4 is 23.8 Å². The molecular weight excluding hydrogens is 510 g/mol. The van der Waals surface area contributed by atoms with Crippen LogP contribution in [0.1, 0.15) is 32.8 Å². The van der Waals surface area contributed by atoms with Crippen molar-refractivity contribution < 1.29 is 32.2 Å². The maximum atomic E-state index is 13.8. The molecule has 2 amide bonds. The van der Waals surface area contributed by atoms with Crippen molar-refractivity contribution in [3.8, 4) is 17.2 Å². The van der Waals surface area contributed by atoms with Crippen molar-refractivity contribution in [1.29, 1.82) is 0 Å². The van der Waals surface area contributed by atoms with E-state index in [0.29, 0.717) is 30.2 Å². The predicted molar refractivity (Wildman–Crippen MR) is 147 cm³/mol. The monoisotopic (exact) mass is 549 g/mol. The minimum Gasteiger partial charge on any atom is -0.497 e. The summed E-state index contributed by atoms with van der Waals surface area (Å²) in [5.74, 6) is 0.816. The fourth-order valence-electron chi connectivity index (χ4n) is 3.86. The molecule has 38 heavy (non-hydrogen) atoms. The molecular formula is C27H39N3O7S. The van der Waals surface area contributed by atoms with Gasteiger partial charge in [-0.05, 0) is 42.2 Å². The Balaban J connectivity index is 2.46. The van der Waals surface area contributed by atoms with Crippen LogP contribution in [-0.4, -0.2) is 71.8 Å². The number of carbonyl (C=O) groups is 2. The fraction of sp³-hybridized carbons (Fsp3) is 0.481. The lowest BCUT2D eigenvalue weighted by Crippen LogP contribution is -2.52. The van der Waals surface area contributed by atoms with E-state index in [4.69, 9.17) is 14.2 Å². The highest BCUT2D eigenvalue weighted by molar-refractivity contribution is 7.92. The molecule has 2 aromatic rings. The van der Waals surface area contributed by atoms with Crippen LogP contribution in [0, 0.1) is 5.92 Å². The first-order valence-corrected chi connectivity index (χ1v) is 14.2. The summed E-state index contributed by atoms with van der Waals surface area (Å²) in [7, 11) is 0.600. The average Bonchev–Trinajstić information content (AvgIpc) is 2.89. The van der Waals surface area contributed by atoms with Gasteiger partial charge < -0.3 is 24.4 Å². The van der Waals surface area contributed by atoms with Crippen molar-refractivity contribution in [1.82, 2.24) is 10.2 Å². The van der Waals surface area contributed by atoms with Gasteiger partial charge in [0.25, 0.3) is 0 Å². The zero-order valence-electron chi connectivity index (χ0n) is 23.2. The van der Waals surface area contributed by atoms with Crippen molar-refractivity contribution in [3.63, 3.8) is 0 Å². The molecule has 2 rings (SSSR count). The number of amides is 2. The zero-order chi connectivity index (χ0) is 28.5. The Kier molecular flexibility index (Phi) is 11.2. The minimum absolute atomic E-state index is 0.111. The molecule has 0 aliphatic carbocycles. The molecule has 11 heteroatoms. The van der Waals surface area contributed by atoms with E-state index >= 15 is 0 Å². The molecule has 1 atom stereocenters. The predicted octanol–water partition coefficient (Wildman–Crippen LogP) is 3.06. The third-order valence-electron chi connectivity index (χ3n) is 5.92. The number of carbonyl (C=O) groups excluding carboxylic acids is 2. The standard InChI is InChI=1S/C27H39N3O7S/c1-8-23(27(32)28-16-19(2)3)29(17-20-9-12-22(35-4)13-10-20)26(31)18-30(38(7,33)34)21-11-14-24(36-5)25(15-21)37-6/h9-15,19,23H,8,16-18H2,1-7H3,(H,28,32)/t23-/m1/s1. The molecule has 2 aromatic carbocycles. The molecule has 0 saturated carbocycles. The van der Waals surface area contributed by atoms with E-state index in [0.717, 1.165) is 16.1 Å². The second-order valence-electron chi connectivity index (χ2n) is 9.24. The number of ether oxygens (including phenoxy) is 3. The van der Waals surface area contributed by atoms with Crippen molar-refractivity contribution in [2.24, 2.45) is 5.92 Å². The maximum Gasteiger partial charge on any atom is 0.244 e. The van der Waals surface area contributed by atoms with Gasteiger partial charge in [-0.25, -0.2) is 8.42 Å².